The lowest BCUT2D eigenvalue weighted by Crippen LogP contribution is -2.51. The first-order valence-corrected chi connectivity index (χ1v) is 7.89. The number of rotatable bonds is 3. The molecule has 0 aromatic carbocycles. The molecule has 2 N–H and O–H groups in total. The molecular formula is C15H27N3O3. The van der Waals surface area contributed by atoms with Gasteiger partial charge in [0.2, 0.25) is 0 Å². The molecular weight excluding hydrogens is 270 g/mol. The van der Waals surface area contributed by atoms with E-state index in [9.17, 15) is 14.7 Å². The monoisotopic (exact) mass is 297 g/mol. The Labute approximate surface area is 126 Å². The van der Waals surface area contributed by atoms with Gasteiger partial charge in [-0.05, 0) is 46.2 Å². The van der Waals surface area contributed by atoms with E-state index in [4.69, 9.17) is 0 Å². The molecule has 2 rings (SSSR count). The van der Waals surface area contributed by atoms with Crippen molar-refractivity contribution in [1.29, 1.82) is 0 Å². The zero-order valence-corrected chi connectivity index (χ0v) is 13.1. The van der Waals surface area contributed by atoms with E-state index in [0.717, 1.165) is 13.0 Å². The number of nitrogens with zero attached hydrogens (tertiary/aromatic N) is 2. The van der Waals surface area contributed by atoms with Crippen molar-refractivity contribution in [2.75, 3.05) is 33.2 Å². The third kappa shape index (κ3) is 3.87. The minimum Gasteiger partial charge on any atom is -0.481 e. The maximum Gasteiger partial charge on any atom is 0.317 e. The first-order valence-electron chi connectivity index (χ1n) is 7.89. The Morgan fingerprint density at radius 2 is 1.90 bits per heavy atom. The van der Waals surface area contributed by atoms with Crippen LogP contribution in [0.4, 0.5) is 4.79 Å². The van der Waals surface area contributed by atoms with E-state index in [0.29, 0.717) is 38.5 Å². The van der Waals surface area contributed by atoms with Gasteiger partial charge in [-0.2, -0.15) is 0 Å². The Hall–Kier alpha value is -1.30. The number of carbonyl (C=O) groups excluding carboxylic acids is 1. The van der Waals surface area contributed by atoms with Crippen LogP contribution < -0.4 is 5.32 Å². The van der Waals surface area contributed by atoms with Crippen LogP contribution in [-0.2, 0) is 4.79 Å². The molecule has 0 spiro atoms. The number of hydrogen-bond acceptors (Lipinski definition) is 3. The van der Waals surface area contributed by atoms with Gasteiger partial charge in [-0.1, -0.05) is 6.42 Å². The third-order valence-electron chi connectivity index (χ3n) is 5.08. The summed E-state index contributed by atoms with van der Waals surface area (Å²) in [5.74, 6) is -0.758. The van der Waals surface area contributed by atoms with E-state index in [1.54, 1.807) is 11.8 Å². The normalized spacial score (nSPS) is 26.4. The molecule has 21 heavy (non-hydrogen) atoms. The summed E-state index contributed by atoms with van der Waals surface area (Å²) >= 11 is 0. The molecule has 0 radical (unpaired) electrons. The van der Waals surface area contributed by atoms with E-state index in [1.165, 1.54) is 12.8 Å². The Morgan fingerprint density at radius 3 is 2.48 bits per heavy atom. The van der Waals surface area contributed by atoms with Crippen molar-refractivity contribution in [2.45, 2.75) is 45.1 Å². The molecule has 2 heterocycles. The number of carbonyl (C=O) groups is 2. The van der Waals surface area contributed by atoms with E-state index in [2.05, 4.69) is 17.3 Å². The van der Waals surface area contributed by atoms with Crippen molar-refractivity contribution >= 4 is 12.0 Å². The first kappa shape index (κ1) is 16.1. The lowest BCUT2D eigenvalue weighted by atomic mass is 9.80. The zero-order valence-electron chi connectivity index (χ0n) is 13.1. The molecule has 2 fully saturated rings. The van der Waals surface area contributed by atoms with Crippen molar-refractivity contribution in [2.24, 2.45) is 5.41 Å². The molecule has 0 aromatic rings. The highest BCUT2D eigenvalue weighted by atomic mass is 16.4. The van der Waals surface area contributed by atoms with Crippen LogP contribution in [0.15, 0.2) is 0 Å². The van der Waals surface area contributed by atoms with Gasteiger partial charge in [0.05, 0.1) is 5.41 Å². The molecule has 0 saturated carbocycles. The number of hydrogen-bond donors (Lipinski definition) is 2. The molecule has 0 bridgehead atoms. The number of carboxylic acids is 1. The zero-order chi connectivity index (χ0) is 15.5. The van der Waals surface area contributed by atoms with Crippen LogP contribution in [0.25, 0.3) is 0 Å². The average molecular weight is 297 g/mol. The number of likely N-dealkylation sites (N-methyl/N-ethyl adjacent to an activating group) is 1. The topological polar surface area (TPSA) is 72.9 Å². The number of urea groups is 1. The minimum atomic E-state index is -0.758. The molecule has 120 valence electrons. The van der Waals surface area contributed by atoms with E-state index >= 15 is 0 Å². The molecule has 2 aliphatic rings. The number of carboxylic acid groups (broad SMARTS) is 1. The van der Waals surface area contributed by atoms with E-state index in [-0.39, 0.29) is 6.03 Å². The highest BCUT2D eigenvalue weighted by Crippen LogP contribution is 2.30. The summed E-state index contributed by atoms with van der Waals surface area (Å²) in [6.07, 6.45) is 4.65. The third-order valence-corrected chi connectivity index (χ3v) is 5.08. The molecule has 6 heteroatoms. The molecule has 0 aliphatic carbocycles. The van der Waals surface area contributed by atoms with Gasteiger partial charge >= 0.3 is 12.0 Å². The van der Waals surface area contributed by atoms with Crippen LogP contribution in [-0.4, -0.2) is 66.2 Å². The number of nitrogens with one attached hydrogen (secondary N) is 1. The minimum absolute atomic E-state index is 0.0542. The van der Waals surface area contributed by atoms with Crippen LogP contribution in [0.5, 0.6) is 0 Å². The highest BCUT2D eigenvalue weighted by molar-refractivity contribution is 5.77. The van der Waals surface area contributed by atoms with Crippen LogP contribution in [0.2, 0.25) is 0 Å². The summed E-state index contributed by atoms with van der Waals surface area (Å²) in [5.41, 5.74) is -0.680. The predicted octanol–water partition coefficient (Wildman–Crippen LogP) is 1.37. The van der Waals surface area contributed by atoms with Gasteiger partial charge in [-0.3, -0.25) is 4.79 Å². The van der Waals surface area contributed by atoms with Gasteiger partial charge in [0.15, 0.2) is 0 Å². The molecule has 6 nitrogen and oxygen atoms in total. The summed E-state index contributed by atoms with van der Waals surface area (Å²) in [6, 6.07) is 0.373. The van der Waals surface area contributed by atoms with Crippen molar-refractivity contribution in [3.63, 3.8) is 0 Å². The molecule has 1 atom stereocenters. The summed E-state index contributed by atoms with van der Waals surface area (Å²) in [6.45, 7) is 4.59. The maximum atomic E-state index is 12.2. The van der Waals surface area contributed by atoms with E-state index < -0.39 is 11.4 Å². The second-order valence-corrected chi connectivity index (χ2v) is 6.67. The van der Waals surface area contributed by atoms with Gasteiger partial charge in [-0.15, -0.1) is 0 Å². The summed E-state index contributed by atoms with van der Waals surface area (Å²) in [7, 11) is 2.11. The van der Waals surface area contributed by atoms with Crippen LogP contribution in [0.3, 0.4) is 0 Å². The Kier molecular flexibility index (Phi) is 5.08. The van der Waals surface area contributed by atoms with Gasteiger partial charge < -0.3 is 20.2 Å². The number of aliphatic carboxylic acids is 1. The van der Waals surface area contributed by atoms with Gasteiger partial charge in [0, 0.05) is 25.7 Å². The van der Waals surface area contributed by atoms with Gasteiger partial charge in [0.1, 0.15) is 0 Å². The predicted molar refractivity (Wildman–Crippen MR) is 80.2 cm³/mol. The van der Waals surface area contributed by atoms with Crippen LogP contribution >= 0.6 is 0 Å². The highest BCUT2D eigenvalue weighted by Gasteiger charge is 2.38. The molecule has 2 aliphatic heterocycles. The lowest BCUT2D eigenvalue weighted by molar-refractivity contribution is -0.150. The fraction of sp³-hybridized carbons (Fsp3) is 0.867. The number of amides is 2. The van der Waals surface area contributed by atoms with Crippen molar-refractivity contribution in [3.8, 4) is 0 Å². The molecule has 2 amide bonds. The van der Waals surface area contributed by atoms with Gasteiger partial charge in [0.25, 0.3) is 0 Å². The Bertz CT molecular complexity index is 392. The van der Waals surface area contributed by atoms with Crippen molar-refractivity contribution < 1.29 is 14.7 Å². The SMILES string of the molecule is CN1CCCCC1CNC(=O)N1CCC(C)(C(=O)O)CC1. The average Bonchev–Trinajstić information content (AvgIpc) is 2.46. The lowest BCUT2D eigenvalue weighted by Gasteiger charge is -2.37. The Balaban J connectivity index is 1.76. The molecule has 1 unspecified atom stereocenters. The first-order chi connectivity index (χ1) is 9.92. The van der Waals surface area contributed by atoms with Gasteiger partial charge in [-0.25, -0.2) is 4.79 Å². The summed E-state index contributed by atoms with van der Waals surface area (Å²) in [4.78, 5) is 27.4. The van der Waals surface area contributed by atoms with E-state index in [1.807, 2.05) is 0 Å². The largest absolute Gasteiger partial charge is 0.481 e. The quantitative estimate of drug-likeness (QED) is 0.825. The standard InChI is InChI=1S/C15H27N3O3/c1-15(13(19)20)6-9-18(10-7-15)14(21)16-11-12-5-3-4-8-17(12)2/h12H,3-11H2,1-2H3,(H,16,21)(H,19,20). The second kappa shape index (κ2) is 6.64. The van der Waals surface area contributed by atoms with Crippen LogP contribution in [0, 0.1) is 5.41 Å². The van der Waals surface area contributed by atoms with Crippen molar-refractivity contribution in [1.82, 2.24) is 15.1 Å². The van der Waals surface area contributed by atoms with Crippen molar-refractivity contribution in [3.05, 3.63) is 0 Å². The summed E-state index contributed by atoms with van der Waals surface area (Å²) in [5, 5.41) is 12.2. The summed E-state index contributed by atoms with van der Waals surface area (Å²) < 4.78 is 0. The molecule has 2 saturated heterocycles. The van der Waals surface area contributed by atoms with Crippen LogP contribution in [0.1, 0.15) is 39.0 Å². The smallest absolute Gasteiger partial charge is 0.317 e. The fourth-order valence-corrected chi connectivity index (χ4v) is 3.14. The number of piperidine rings is 2. The Morgan fingerprint density at radius 1 is 1.24 bits per heavy atom. The molecule has 0 aromatic heterocycles. The maximum absolute atomic E-state index is 12.2. The second-order valence-electron chi connectivity index (χ2n) is 6.67. The fourth-order valence-electron chi connectivity index (χ4n) is 3.14. The number of likely N-dealkylation sites (tertiary alicyclic amines) is 2.